The zero-order chi connectivity index (χ0) is 20.5. The molecule has 0 saturated heterocycles. The first kappa shape index (κ1) is 19.5. The molecule has 0 aliphatic carbocycles. The van der Waals surface area contributed by atoms with Crippen molar-refractivity contribution < 1.29 is 18.0 Å². The molecule has 1 heterocycles. The minimum absolute atomic E-state index is 0.0827. The van der Waals surface area contributed by atoms with Gasteiger partial charge in [0, 0.05) is 42.5 Å². The van der Waals surface area contributed by atoms with Crippen molar-refractivity contribution in [2.24, 2.45) is 7.05 Å². The van der Waals surface area contributed by atoms with Gasteiger partial charge in [-0.05, 0) is 48.9 Å². The van der Waals surface area contributed by atoms with Gasteiger partial charge in [0.2, 0.25) is 5.78 Å². The average Bonchev–Trinajstić information content (AvgIpc) is 3.07. The summed E-state index contributed by atoms with van der Waals surface area (Å²) in [5.41, 5.74) is 1.87. The van der Waals surface area contributed by atoms with Crippen molar-refractivity contribution in [3.05, 3.63) is 77.4 Å². The van der Waals surface area contributed by atoms with Gasteiger partial charge in [0.05, 0.1) is 4.90 Å². The molecule has 0 unspecified atom stereocenters. The first-order valence-electron chi connectivity index (χ1n) is 8.41. The van der Waals surface area contributed by atoms with E-state index in [-0.39, 0.29) is 16.2 Å². The number of aromatic nitrogens is 2. The highest BCUT2D eigenvalue weighted by Crippen LogP contribution is 2.18. The zero-order valence-corrected chi connectivity index (χ0v) is 16.4. The van der Waals surface area contributed by atoms with Gasteiger partial charge in [0.15, 0.2) is 15.7 Å². The fourth-order valence-corrected chi connectivity index (χ4v) is 3.34. The van der Waals surface area contributed by atoms with Crippen LogP contribution in [0.4, 0.5) is 5.69 Å². The van der Waals surface area contributed by atoms with E-state index < -0.39 is 15.7 Å². The minimum atomic E-state index is -3.41. The molecular weight excluding hydrogens is 378 g/mol. The molecule has 144 valence electrons. The van der Waals surface area contributed by atoms with Crippen LogP contribution in [-0.4, -0.2) is 35.9 Å². The van der Waals surface area contributed by atoms with E-state index in [1.165, 1.54) is 12.1 Å². The van der Waals surface area contributed by atoms with Gasteiger partial charge in [-0.1, -0.05) is 6.07 Å². The molecule has 0 bridgehead atoms. The lowest BCUT2D eigenvalue weighted by molar-refractivity contribution is 0.101. The van der Waals surface area contributed by atoms with Crippen molar-refractivity contribution >= 4 is 27.2 Å². The number of aryl methyl sites for hydroxylation is 2. The van der Waals surface area contributed by atoms with Crippen LogP contribution in [0.3, 0.4) is 0 Å². The van der Waals surface area contributed by atoms with Crippen molar-refractivity contribution in [2.45, 2.75) is 11.8 Å². The lowest BCUT2D eigenvalue weighted by Crippen LogP contribution is -2.14. The van der Waals surface area contributed by atoms with Crippen molar-refractivity contribution in [1.82, 2.24) is 9.55 Å². The number of hydrogen-bond donors (Lipinski definition) is 1. The van der Waals surface area contributed by atoms with Crippen LogP contribution in [-0.2, 0) is 16.9 Å². The van der Waals surface area contributed by atoms with Crippen molar-refractivity contribution in [3.8, 4) is 0 Å². The second-order valence-corrected chi connectivity index (χ2v) is 8.49. The van der Waals surface area contributed by atoms with Crippen LogP contribution in [0.1, 0.15) is 32.1 Å². The number of anilines is 1. The molecule has 2 aromatic carbocycles. The maximum Gasteiger partial charge on any atom is 0.255 e. The highest BCUT2D eigenvalue weighted by atomic mass is 32.2. The Kier molecular flexibility index (Phi) is 5.15. The SMILES string of the molecule is Cc1ccc(S(C)(=O)=O)cc1C(=O)Nc1ccc(C(=O)c2nccn2C)cc1. The molecule has 8 heteroatoms. The van der Waals surface area contributed by atoms with Gasteiger partial charge in [-0.2, -0.15) is 0 Å². The number of rotatable bonds is 5. The molecular formula is C20H19N3O4S. The lowest BCUT2D eigenvalue weighted by Gasteiger charge is -2.10. The van der Waals surface area contributed by atoms with E-state index in [4.69, 9.17) is 0 Å². The summed E-state index contributed by atoms with van der Waals surface area (Å²) in [5, 5.41) is 2.72. The smallest absolute Gasteiger partial charge is 0.255 e. The molecule has 0 aliphatic heterocycles. The molecule has 7 nitrogen and oxygen atoms in total. The number of amides is 1. The third-order valence-corrected chi connectivity index (χ3v) is 5.42. The summed E-state index contributed by atoms with van der Waals surface area (Å²) >= 11 is 0. The van der Waals surface area contributed by atoms with Gasteiger partial charge >= 0.3 is 0 Å². The Bertz CT molecular complexity index is 1160. The third kappa shape index (κ3) is 4.01. The number of imidazole rings is 1. The molecule has 1 amide bonds. The first-order valence-corrected chi connectivity index (χ1v) is 10.3. The van der Waals surface area contributed by atoms with Crippen LogP contribution in [0.15, 0.2) is 59.8 Å². The maximum atomic E-state index is 12.6. The largest absolute Gasteiger partial charge is 0.331 e. The highest BCUT2D eigenvalue weighted by Gasteiger charge is 2.16. The van der Waals surface area contributed by atoms with E-state index in [0.29, 0.717) is 22.6 Å². The van der Waals surface area contributed by atoms with Crippen LogP contribution in [0, 0.1) is 6.92 Å². The van der Waals surface area contributed by atoms with Crippen LogP contribution >= 0.6 is 0 Å². The van der Waals surface area contributed by atoms with E-state index in [2.05, 4.69) is 10.3 Å². The normalized spacial score (nSPS) is 11.2. The number of ketones is 1. The molecule has 0 fully saturated rings. The van der Waals surface area contributed by atoms with Crippen molar-refractivity contribution in [2.75, 3.05) is 11.6 Å². The third-order valence-electron chi connectivity index (χ3n) is 4.31. The van der Waals surface area contributed by atoms with Crippen molar-refractivity contribution in [3.63, 3.8) is 0 Å². The Morgan fingerprint density at radius 2 is 1.75 bits per heavy atom. The summed E-state index contributed by atoms with van der Waals surface area (Å²) in [4.78, 5) is 29.1. The molecule has 1 N–H and O–H groups in total. The molecule has 1 aromatic heterocycles. The number of benzene rings is 2. The second kappa shape index (κ2) is 7.40. The number of carbonyl (C=O) groups is 2. The predicted octanol–water partition coefficient (Wildman–Crippen LogP) is 2.62. The quantitative estimate of drug-likeness (QED) is 0.668. The van der Waals surface area contributed by atoms with E-state index in [1.807, 2.05) is 0 Å². The van der Waals surface area contributed by atoms with E-state index in [0.717, 1.165) is 6.26 Å². The monoisotopic (exact) mass is 397 g/mol. The fraction of sp³-hybridized carbons (Fsp3) is 0.150. The standard InChI is InChI=1S/C20H19N3O4S/c1-13-4-9-16(28(3,26)27)12-17(13)20(25)22-15-7-5-14(6-8-15)18(24)19-21-10-11-23(19)2/h4-12H,1-3H3,(H,22,25). The molecule has 0 saturated carbocycles. The fourth-order valence-electron chi connectivity index (χ4n) is 2.69. The molecule has 3 rings (SSSR count). The summed E-state index contributed by atoms with van der Waals surface area (Å²) in [5.74, 6) is -0.321. The number of nitrogens with one attached hydrogen (secondary N) is 1. The zero-order valence-electron chi connectivity index (χ0n) is 15.6. The lowest BCUT2D eigenvalue weighted by atomic mass is 10.1. The first-order chi connectivity index (χ1) is 13.2. The predicted molar refractivity (Wildman–Crippen MR) is 105 cm³/mol. The van der Waals surface area contributed by atoms with Crippen molar-refractivity contribution in [1.29, 1.82) is 0 Å². The van der Waals surface area contributed by atoms with E-state index in [1.54, 1.807) is 61.3 Å². The number of hydrogen-bond acceptors (Lipinski definition) is 5. The molecule has 0 radical (unpaired) electrons. The summed E-state index contributed by atoms with van der Waals surface area (Å²) < 4.78 is 25.1. The van der Waals surface area contributed by atoms with Crippen LogP contribution < -0.4 is 5.32 Å². The van der Waals surface area contributed by atoms with Gasteiger partial charge in [-0.25, -0.2) is 13.4 Å². The van der Waals surface area contributed by atoms with Gasteiger partial charge in [-0.3, -0.25) is 9.59 Å². The molecule has 0 atom stereocenters. The molecule has 0 spiro atoms. The Morgan fingerprint density at radius 3 is 2.32 bits per heavy atom. The average molecular weight is 397 g/mol. The van der Waals surface area contributed by atoms with Gasteiger partial charge in [0.1, 0.15) is 0 Å². The Labute approximate surface area is 163 Å². The topological polar surface area (TPSA) is 98.1 Å². The molecule has 28 heavy (non-hydrogen) atoms. The van der Waals surface area contributed by atoms with Crippen LogP contribution in [0.2, 0.25) is 0 Å². The number of nitrogens with zero attached hydrogens (tertiary/aromatic N) is 2. The highest BCUT2D eigenvalue weighted by molar-refractivity contribution is 7.90. The minimum Gasteiger partial charge on any atom is -0.331 e. The Morgan fingerprint density at radius 1 is 1.07 bits per heavy atom. The number of sulfone groups is 1. The second-order valence-electron chi connectivity index (χ2n) is 6.47. The summed E-state index contributed by atoms with van der Waals surface area (Å²) in [6.45, 7) is 1.73. The van der Waals surface area contributed by atoms with Gasteiger partial charge in [0.25, 0.3) is 5.91 Å². The number of carbonyl (C=O) groups excluding carboxylic acids is 2. The summed E-state index contributed by atoms with van der Waals surface area (Å²) in [6.07, 6.45) is 4.33. The Balaban J connectivity index is 1.80. The maximum absolute atomic E-state index is 12.6. The van der Waals surface area contributed by atoms with Gasteiger partial charge in [-0.15, -0.1) is 0 Å². The summed E-state index contributed by atoms with van der Waals surface area (Å²) in [6, 6.07) is 10.9. The van der Waals surface area contributed by atoms with E-state index in [9.17, 15) is 18.0 Å². The van der Waals surface area contributed by atoms with Crippen LogP contribution in [0.5, 0.6) is 0 Å². The Hall–Kier alpha value is -3.26. The molecule has 3 aromatic rings. The van der Waals surface area contributed by atoms with Gasteiger partial charge < -0.3 is 9.88 Å². The van der Waals surface area contributed by atoms with E-state index >= 15 is 0 Å². The van der Waals surface area contributed by atoms with Crippen LogP contribution in [0.25, 0.3) is 0 Å². The summed E-state index contributed by atoms with van der Waals surface area (Å²) in [7, 11) is -1.68. The molecule has 0 aliphatic rings.